The van der Waals surface area contributed by atoms with E-state index >= 15 is 0 Å². The first-order valence-electron chi connectivity index (χ1n) is 27.5. The van der Waals surface area contributed by atoms with Crippen molar-refractivity contribution in [2.24, 2.45) is 0 Å². The van der Waals surface area contributed by atoms with Crippen molar-refractivity contribution in [1.82, 2.24) is 54.2 Å². The minimum atomic E-state index is -3.94. The van der Waals surface area contributed by atoms with Crippen LogP contribution in [0.5, 0.6) is 5.75 Å². The van der Waals surface area contributed by atoms with Gasteiger partial charge >= 0.3 is 12.2 Å². The number of nitrogens with one attached hydrogen (secondary N) is 1. The number of amides is 2. The molecule has 0 bridgehead atoms. The SMILES string of the molecule is Cc1nn(C(=O)OC(C)(C)C)c(Nc2ncnc3cc(OCCCN4CCN(C(=O)c5cnc(N6CCN(CC7CN(C(=O)OC(C)(C)C)C(C)CN7Cc7ccccc7)[C@H](C)C6)nc5)CC4)c(S(=O)(=O)C(C)(C)C)cc23)c1C. The molecule has 0 aliphatic carbocycles. The zero-order chi connectivity index (χ0) is 57.2. The van der Waals surface area contributed by atoms with E-state index < -0.39 is 31.9 Å². The minimum Gasteiger partial charge on any atom is -0.492 e. The summed E-state index contributed by atoms with van der Waals surface area (Å²) in [6.45, 7) is 32.3. The third-order valence-corrected chi connectivity index (χ3v) is 17.2. The normalized spacial score (nSPS) is 19.4. The first-order chi connectivity index (χ1) is 37.2. The quantitative estimate of drug-likeness (QED) is 0.106. The summed E-state index contributed by atoms with van der Waals surface area (Å²) in [4.78, 5) is 71.9. The van der Waals surface area contributed by atoms with Gasteiger partial charge in [-0.1, -0.05) is 30.3 Å². The summed E-state index contributed by atoms with van der Waals surface area (Å²) in [5.41, 5.74) is 2.08. The van der Waals surface area contributed by atoms with Crippen LogP contribution in [0, 0.1) is 13.8 Å². The molecule has 0 saturated carbocycles. The average Bonchev–Trinajstić information content (AvgIpc) is 3.82. The molecule has 8 rings (SSSR count). The van der Waals surface area contributed by atoms with Gasteiger partial charge in [0, 0.05) is 126 Å². The van der Waals surface area contributed by atoms with Crippen LogP contribution in [-0.4, -0.2) is 193 Å². The topological polar surface area (TPSA) is 214 Å². The van der Waals surface area contributed by atoms with Crippen LogP contribution in [0.2, 0.25) is 0 Å². The van der Waals surface area contributed by atoms with E-state index in [-0.39, 0.29) is 53.2 Å². The molecule has 3 aliphatic rings. The second kappa shape index (κ2) is 23.7. The molecule has 22 heteroatoms. The Hall–Kier alpha value is -6.49. The van der Waals surface area contributed by atoms with E-state index in [9.17, 15) is 22.8 Å². The number of fused-ring (bicyclic) bond motifs is 1. The molecule has 1 N–H and O–H groups in total. The summed E-state index contributed by atoms with van der Waals surface area (Å²) >= 11 is 0. The van der Waals surface area contributed by atoms with Crippen molar-refractivity contribution in [2.75, 3.05) is 88.8 Å². The lowest BCUT2D eigenvalue weighted by atomic mass is 10.0. The number of piperazine rings is 3. The summed E-state index contributed by atoms with van der Waals surface area (Å²) < 4.78 is 46.1. The molecule has 3 atom stereocenters. The van der Waals surface area contributed by atoms with Crippen LogP contribution in [0.3, 0.4) is 0 Å². The Morgan fingerprint density at radius 3 is 2.08 bits per heavy atom. The second-order valence-electron chi connectivity index (χ2n) is 24.2. The molecule has 2 amide bonds. The fraction of sp³-hybridized carbons (Fsp3) is 0.579. The van der Waals surface area contributed by atoms with Gasteiger partial charge in [0.2, 0.25) is 5.95 Å². The van der Waals surface area contributed by atoms with Crippen molar-refractivity contribution in [1.29, 1.82) is 0 Å². The number of anilines is 3. The van der Waals surface area contributed by atoms with Crippen LogP contribution in [0.4, 0.5) is 27.2 Å². The molecule has 0 radical (unpaired) electrons. The molecule has 21 nitrogen and oxygen atoms in total. The number of aromatic nitrogens is 6. The van der Waals surface area contributed by atoms with Crippen LogP contribution in [0.25, 0.3) is 10.9 Å². The van der Waals surface area contributed by atoms with Crippen molar-refractivity contribution >= 4 is 56.4 Å². The van der Waals surface area contributed by atoms with E-state index in [1.165, 1.54) is 18.0 Å². The highest BCUT2D eigenvalue weighted by molar-refractivity contribution is 7.92. The van der Waals surface area contributed by atoms with E-state index in [0.717, 1.165) is 44.0 Å². The minimum absolute atomic E-state index is 0.00191. The third-order valence-electron chi connectivity index (χ3n) is 14.7. The fourth-order valence-corrected chi connectivity index (χ4v) is 11.4. The summed E-state index contributed by atoms with van der Waals surface area (Å²) in [5.74, 6) is 1.28. The number of sulfone groups is 1. The van der Waals surface area contributed by atoms with Gasteiger partial charge in [-0.05, 0) is 108 Å². The lowest BCUT2D eigenvalue weighted by Gasteiger charge is -2.48. The molecular formula is C57H81N13O8S. The Balaban J connectivity index is 0.840. The van der Waals surface area contributed by atoms with Gasteiger partial charge in [-0.25, -0.2) is 37.9 Å². The fourth-order valence-electron chi connectivity index (χ4n) is 10.1. The highest BCUT2D eigenvalue weighted by atomic mass is 32.2. The smallest absolute Gasteiger partial charge is 0.437 e. The second-order valence-corrected chi connectivity index (χ2v) is 26.8. The predicted octanol–water partition coefficient (Wildman–Crippen LogP) is 7.58. The summed E-state index contributed by atoms with van der Waals surface area (Å²) in [6.07, 6.45) is 4.29. The van der Waals surface area contributed by atoms with Gasteiger partial charge in [0.25, 0.3) is 5.91 Å². The van der Waals surface area contributed by atoms with Gasteiger partial charge in [-0.15, -0.1) is 4.68 Å². The first-order valence-corrected chi connectivity index (χ1v) is 29.0. The van der Waals surface area contributed by atoms with Gasteiger partial charge in [-0.2, -0.15) is 5.10 Å². The Bertz CT molecular complexity index is 3070. The van der Waals surface area contributed by atoms with Crippen LogP contribution < -0.4 is 15.0 Å². The Morgan fingerprint density at radius 2 is 1.43 bits per heavy atom. The molecule has 2 unspecified atom stereocenters. The van der Waals surface area contributed by atoms with E-state index in [1.54, 1.807) is 66.9 Å². The Labute approximate surface area is 465 Å². The molecule has 3 fully saturated rings. The highest BCUT2D eigenvalue weighted by Crippen LogP contribution is 2.38. The lowest BCUT2D eigenvalue weighted by Crippen LogP contribution is -2.63. The van der Waals surface area contributed by atoms with Gasteiger partial charge in [0.05, 0.1) is 28.1 Å². The standard InChI is InChI=1S/C57H81N13O8S/c1-38-32-67(26-25-66(38)35-44-36-69(53(72)77-55(5,6)7)39(2)33-68(44)34-42-18-15-14-16-19-42)52-58-30-43(31-59-52)51(71)65-23-21-64(22-24-65)20-17-27-76-47-29-46-45(28-48(47)79(74,75)57(11,12)13)49(61-37-60-46)62-50-40(3)41(4)63-70(50)54(73)78-56(8,9)10/h14-16,18-19,28-31,37-39,44H,17,20-27,32-36H2,1-13H3,(H,60,61,62)/t38-,39?,44?/m1/s1. The van der Waals surface area contributed by atoms with Crippen molar-refractivity contribution in [2.45, 2.75) is 142 Å². The van der Waals surface area contributed by atoms with Gasteiger partial charge in [0.1, 0.15) is 39.8 Å². The number of ether oxygens (including phenoxy) is 3. The van der Waals surface area contributed by atoms with E-state index in [2.05, 4.69) is 78.1 Å². The number of nitrogens with zero attached hydrogens (tertiary/aromatic N) is 12. The van der Waals surface area contributed by atoms with Crippen LogP contribution in [-0.2, 0) is 25.9 Å². The van der Waals surface area contributed by atoms with Crippen LogP contribution in [0.15, 0.2) is 66.1 Å². The number of hydrogen-bond donors (Lipinski definition) is 1. The average molecular weight is 1110 g/mol. The number of hydrogen-bond acceptors (Lipinski definition) is 18. The molecule has 0 spiro atoms. The van der Waals surface area contributed by atoms with Crippen molar-refractivity contribution in [3.8, 4) is 5.75 Å². The van der Waals surface area contributed by atoms with Crippen molar-refractivity contribution in [3.63, 3.8) is 0 Å². The number of carbonyl (C=O) groups is 3. The molecule has 6 heterocycles. The number of aryl methyl sites for hydroxylation is 1. The maximum absolute atomic E-state index is 14.2. The molecule has 428 valence electrons. The lowest BCUT2D eigenvalue weighted by molar-refractivity contribution is -0.0227. The molecule has 3 aliphatic heterocycles. The molecule has 3 saturated heterocycles. The number of carbonyl (C=O) groups excluding carboxylic acids is 3. The van der Waals surface area contributed by atoms with Crippen molar-refractivity contribution < 1.29 is 37.0 Å². The maximum atomic E-state index is 14.2. The molecule has 3 aromatic heterocycles. The van der Waals surface area contributed by atoms with Gasteiger partial charge in [-0.3, -0.25) is 19.5 Å². The van der Waals surface area contributed by atoms with E-state index in [0.29, 0.717) is 85.2 Å². The largest absolute Gasteiger partial charge is 0.492 e. The zero-order valence-corrected chi connectivity index (χ0v) is 49.3. The van der Waals surface area contributed by atoms with Crippen molar-refractivity contribution in [3.05, 3.63) is 83.6 Å². The Kier molecular flexibility index (Phi) is 17.6. The van der Waals surface area contributed by atoms with Gasteiger partial charge in [0.15, 0.2) is 9.84 Å². The first kappa shape index (κ1) is 58.7. The summed E-state index contributed by atoms with van der Waals surface area (Å²) in [5, 5.41) is 8.04. The number of rotatable bonds is 14. The predicted molar refractivity (Wildman–Crippen MR) is 304 cm³/mol. The zero-order valence-electron chi connectivity index (χ0n) is 48.4. The Morgan fingerprint density at radius 1 is 0.759 bits per heavy atom. The summed E-state index contributed by atoms with van der Waals surface area (Å²) in [6, 6.07) is 14.0. The number of benzene rings is 2. The molecule has 5 aromatic rings. The summed E-state index contributed by atoms with van der Waals surface area (Å²) in [7, 11) is -3.94. The van der Waals surface area contributed by atoms with Crippen LogP contribution in [0.1, 0.15) is 110 Å². The van der Waals surface area contributed by atoms with Gasteiger partial charge < -0.3 is 34.2 Å². The monoisotopic (exact) mass is 1110 g/mol. The van der Waals surface area contributed by atoms with Crippen LogP contribution >= 0.6 is 0 Å². The maximum Gasteiger partial charge on any atom is 0.437 e. The van der Waals surface area contributed by atoms with E-state index in [4.69, 9.17) is 24.2 Å². The third kappa shape index (κ3) is 14.1. The molecule has 79 heavy (non-hydrogen) atoms. The van der Waals surface area contributed by atoms with E-state index in [1.807, 2.05) is 43.6 Å². The molecular weight excluding hydrogens is 1030 g/mol. The highest BCUT2D eigenvalue weighted by Gasteiger charge is 2.39. The molecule has 2 aromatic carbocycles.